The third-order valence-electron chi connectivity index (χ3n) is 4.60. The number of ether oxygens (including phenoxy) is 1. The number of amides is 1. The molecule has 4 nitrogen and oxygen atoms in total. The maximum Gasteiger partial charge on any atom is 0.254 e. The molecule has 0 radical (unpaired) electrons. The minimum absolute atomic E-state index is 0.0861. The van der Waals surface area contributed by atoms with Crippen LogP contribution in [0.3, 0.4) is 0 Å². The molecule has 0 aliphatic heterocycles. The zero-order valence-electron chi connectivity index (χ0n) is 15.3. The van der Waals surface area contributed by atoms with Gasteiger partial charge < -0.3 is 9.64 Å². The van der Waals surface area contributed by atoms with E-state index in [-0.39, 0.29) is 5.91 Å². The van der Waals surface area contributed by atoms with E-state index in [0.717, 1.165) is 34.9 Å². The van der Waals surface area contributed by atoms with Crippen LogP contribution in [0.25, 0.3) is 0 Å². The fraction of sp³-hybridized carbons (Fsp3) is 0.273. The van der Waals surface area contributed by atoms with Gasteiger partial charge in [-0.15, -0.1) is 11.3 Å². The molecule has 1 fully saturated rings. The molecule has 0 atom stereocenters. The van der Waals surface area contributed by atoms with Crippen molar-refractivity contribution < 1.29 is 9.53 Å². The molecule has 1 aromatic heterocycles. The molecule has 0 bridgehead atoms. The van der Waals surface area contributed by atoms with Gasteiger partial charge >= 0.3 is 0 Å². The molecule has 0 saturated heterocycles. The lowest BCUT2D eigenvalue weighted by molar-refractivity contribution is 0.0730. The van der Waals surface area contributed by atoms with Crippen molar-refractivity contribution in [3.63, 3.8) is 0 Å². The first kappa shape index (κ1) is 17.7. The molecule has 5 heteroatoms. The normalized spacial score (nSPS) is 13.4. The molecule has 138 valence electrons. The molecular formula is C22H22N2O2S. The van der Waals surface area contributed by atoms with Gasteiger partial charge in [0.05, 0.1) is 10.7 Å². The van der Waals surface area contributed by atoms with Crippen molar-refractivity contribution in [2.75, 3.05) is 0 Å². The van der Waals surface area contributed by atoms with Gasteiger partial charge in [0.25, 0.3) is 5.91 Å². The third-order valence-corrected chi connectivity index (χ3v) is 5.42. The number of rotatable bonds is 7. The van der Waals surface area contributed by atoms with Crippen molar-refractivity contribution in [1.82, 2.24) is 9.88 Å². The zero-order valence-corrected chi connectivity index (χ0v) is 16.1. The van der Waals surface area contributed by atoms with Crippen molar-refractivity contribution in [1.29, 1.82) is 0 Å². The molecule has 0 spiro atoms. The summed E-state index contributed by atoms with van der Waals surface area (Å²) < 4.78 is 5.78. The van der Waals surface area contributed by atoms with E-state index in [1.165, 1.54) is 0 Å². The predicted molar refractivity (Wildman–Crippen MR) is 107 cm³/mol. The van der Waals surface area contributed by atoms with Crippen molar-refractivity contribution in [2.24, 2.45) is 0 Å². The highest BCUT2D eigenvalue weighted by Gasteiger charge is 2.33. The molecular weight excluding hydrogens is 356 g/mol. The molecule has 3 aromatic rings. The van der Waals surface area contributed by atoms with Crippen LogP contribution in [0.5, 0.6) is 5.75 Å². The van der Waals surface area contributed by atoms with Gasteiger partial charge in [-0.3, -0.25) is 4.79 Å². The number of nitrogens with zero attached hydrogens (tertiary/aromatic N) is 2. The number of hydrogen-bond donors (Lipinski definition) is 0. The molecule has 4 rings (SSSR count). The summed E-state index contributed by atoms with van der Waals surface area (Å²) in [6.45, 7) is 3.08. The Hall–Kier alpha value is -2.66. The molecule has 1 aliphatic carbocycles. The Kier molecular flexibility index (Phi) is 5.21. The lowest BCUT2D eigenvalue weighted by atomic mass is 10.1. The van der Waals surface area contributed by atoms with Crippen LogP contribution in [0.15, 0.2) is 60.0 Å². The predicted octanol–water partition coefficient (Wildman–Crippen LogP) is 4.84. The van der Waals surface area contributed by atoms with E-state index in [2.05, 4.69) is 17.1 Å². The van der Waals surface area contributed by atoms with E-state index in [4.69, 9.17) is 4.74 Å². The molecule has 1 heterocycles. The number of carbonyl (C=O) groups excluding carboxylic acids is 1. The highest BCUT2D eigenvalue weighted by molar-refractivity contribution is 7.09. The fourth-order valence-corrected chi connectivity index (χ4v) is 3.62. The number of carbonyl (C=O) groups is 1. The quantitative estimate of drug-likeness (QED) is 0.591. The molecule has 1 saturated carbocycles. The minimum atomic E-state index is 0.0861. The van der Waals surface area contributed by atoms with Crippen LogP contribution in [-0.4, -0.2) is 21.8 Å². The Balaban J connectivity index is 1.41. The van der Waals surface area contributed by atoms with Crippen molar-refractivity contribution in [3.8, 4) is 5.75 Å². The van der Waals surface area contributed by atoms with Crippen LogP contribution in [0.2, 0.25) is 0 Å². The van der Waals surface area contributed by atoms with E-state index in [1.54, 1.807) is 11.3 Å². The first-order chi connectivity index (χ1) is 13.2. The Labute approximate surface area is 163 Å². The highest BCUT2D eigenvalue weighted by atomic mass is 32.1. The Morgan fingerprint density at radius 3 is 2.52 bits per heavy atom. The fourth-order valence-electron chi connectivity index (χ4n) is 3.02. The van der Waals surface area contributed by atoms with Gasteiger partial charge in [-0.05, 0) is 49.6 Å². The van der Waals surface area contributed by atoms with Crippen molar-refractivity contribution in [2.45, 2.75) is 39.0 Å². The third kappa shape index (κ3) is 4.55. The lowest BCUT2D eigenvalue weighted by Crippen LogP contribution is -2.32. The Bertz CT molecular complexity index is 902. The van der Waals surface area contributed by atoms with E-state index in [0.29, 0.717) is 24.8 Å². The van der Waals surface area contributed by atoms with Gasteiger partial charge in [0.2, 0.25) is 0 Å². The average Bonchev–Trinajstić information content (AvgIpc) is 3.46. The van der Waals surface area contributed by atoms with Crippen LogP contribution in [0.1, 0.15) is 39.5 Å². The molecule has 0 unspecified atom stereocenters. The summed E-state index contributed by atoms with van der Waals surface area (Å²) in [6, 6.07) is 18.0. The molecule has 1 aliphatic rings. The Morgan fingerprint density at radius 1 is 1.15 bits per heavy atom. The molecule has 27 heavy (non-hydrogen) atoms. The number of hydrogen-bond acceptors (Lipinski definition) is 4. The van der Waals surface area contributed by atoms with Crippen LogP contribution >= 0.6 is 11.3 Å². The van der Waals surface area contributed by atoms with E-state index < -0.39 is 0 Å². The second-order valence-electron chi connectivity index (χ2n) is 6.82. The second-order valence-corrected chi connectivity index (χ2v) is 7.88. The number of aryl methyl sites for hydroxylation is 1. The van der Waals surface area contributed by atoms with Crippen LogP contribution in [-0.2, 0) is 13.2 Å². The van der Waals surface area contributed by atoms with Gasteiger partial charge in [0, 0.05) is 23.5 Å². The summed E-state index contributed by atoms with van der Waals surface area (Å²) in [5, 5.41) is 3.04. The lowest BCUT2D eigenvalue weighted by Gasteiger charge is -2.23. The van der Waals surface area contributed by atoms with Crippen LogP contribution in [0.4, 0.5) is 0 Å². The summed E-state index contributed by atoms with van der Waals surface area (Å²) in [5.41, 5.74) is 2.80. The summed E-state index contributed by atoms with van der Waals surface area (Å²) in [5.74, 6) is 0.835. The van der Waals surface area contributed by atoms with Gasteiger partial charge in [0.15, 0.2) is 0 Å². The van der Waals surface area contributed by atoms with Crippen molar-refractivity contribution >= 4 is 17.2 Å². The van der Waals surface area contributed by atoms with Crippen LogP contribution < -0.4 is 4.74 Å². The molecule has 0 N–H and O–H groups in total. The smallest absolute Gasteiger partial charge is 0.254 e. The van der Waals surface area contributed by atoms with E-state index >= 15 is 0 Å². The van der Waals surface area contributed by atoms with Gasteiger partial charge in [-0.25, -0.2) is 4.98 Å². The maximum absolute atomic E-state index is 13.0. The number of thiazole rings is 1. The summed E-state index contributed by atoms with van der Waals surface area (Å²) in [4.78, 5) is 19.4. The van der Waals surface area contributed by atoms with Crippen LogP contribution in [0, 0.1) is 6.92 Å². The number of benzene rings is 2. The summed E-state index contributed by atoms with van der Waals surface area (Å²) >= 11 is 1.62. The monoisotopic (exact) mass is 378 g/mol. The largest absolute Gasteiger partial charge is 0.487 e. The zero-order chi connectivity index (χ0) is 18.6. The summed E-state index contributed by atoms with van der Waals surface area (Å²) in [7, 11) is 0. The van der Waals surface area contributed by atoms with E-state index in [1.807, 2.05) is 59.7 Å². The van der Waals surface area contributed by atoms with E-state index in [9.17, 15) is 4.79 Å². The van der Waals surface area contributed by atoms with Gasteiger partial charge in [-0.2, -0.15) is 0 Å². The Morgan fingerprint density at radius 2 is 1.89 bits per heavy atom. The standard InChI is InChI=1S/C22H22N2O2S/c1-16-23-19(15-27-16)14-26-21-11-7-18(8-12-21)22(25)24(20-9-10-20)13-17-5-3-2-4-6-17/h2-8,11-12,15,20H,9-10,13-14H2,1H3. The summed E-state index contributed by atoms with van der Waals surface area (Å²) in [6.07, 6.45) is 2.18. The SMILES string of the molecule is Cc1nc(COc2ccc(C(=O)N(Cc3ccccc3)C3CC3)cc2)cs1. The maximum atomic E-state index is 13.0. The number of aromatic nitrogens is 1. The second kappa shape index (κ2) is 7.92. The minimum Gasteiger partial charge on any atom is -0.487 e. The molecule has 1 amide bonds. The first-order valence-electron chi connectivity index (χ1n) is 9.18. The van der Waals surface area contributed by atoms with Gasteiger partial charge in [-0.1, -0.05) is 30.3 Å². The highest BCUT2D eigenvalue weighted by Crippen LogP contribution is 2.30. The molecule has 2 aromatic carbocycles. The first-order valence-corrected chi connectivity index (χ1v) is 10.1. The average molecular weight is 378 g/mol. The van der Waals surface area contributed by atoms with Crippen molar-refractivity contribution in [3.05, 3.63) is 81.8 Å². The van der Waals surface area contributed by atoms with Gasteiger partial charge in [0.1, 0.15) is 12.4 Å². The topological polar surface area (TPSA) is 42.4 Å².